The lowest BCUT2D eigenvalue weighted by Crippen LogP contribution is -2.06. The van der Waals surface area contributed by atoms with Gasteiger partial charge in [-0.1, -0.05) is 0 Å². The van der Waals surface area contributed by atoms with Crippen LogP contribution in [0.1, 0.15) is 12.5 Å². The molecule has 1 rings (SSSR count). The van der Waals surface area contributed by atoms with E-state index < -0.39 is 0 Å². The number of methoxy groups -OCH3 is 2. The molecule has 0 spiro atoms. The van der Waals surface area contributed by atoms with E-state index >= 15 is 0 Å². The molecule has 90 valence electrons. The second-order valence-electron chi connectivity index (χ2n) is 3.29. The monoisotopic (exact) mass is 225 g/mol. The van der Waals surface area contributed by atoms with E-state index in [4.69, 9.17) is 14.2 Å². The first-order chi connectivity index (χ1) is 7.76. The average Bonchev–Trinajstić information content (AvgIpc) is 2.31. The molecule has 0 aliphatic heterocycles. The van der Waals surface area contributed by atoms with Crippen LogP contribution in [0.15, 0.2) is 12.1 Å². The highest BCUT2D eigenvalue weighted by molar-refractivity contribution is 5.53. The molecule has 16 heavy (non-hydrogen) atoms. The van der Waals surface area contributed by atoms with Crippen LogP contribution in [0.5, 0.6) is 17.2 Å². The van der Waals surface area contributed by atoms with Gasteiger partial charge in [-0.15, -0.1) is 0 Å². The summed E-state index contributed by atoms with van der Waals surface area (Å²) < 4.78 is 16.1. The van der Waals surface area contributed by atoms with Gasteiger partial charge >= 0.3 is 0 Å². The van der Waals surface area contributed by atoms with Crippen LogP contribution in [-0.2, 0) is 6.54 Å². The quantitative estimate of drug-likeness (QED) is 0.801. The summed E-state index contributed by atoms with van der Waals surface area (Å²) in [5, 5.41) is 3.09. The van der Waals surface area contributed by atoms with Gasteiger partial charge in [0.05, 0.1) is 20.8 Å². The zero-order valence-electron chi connectivity index (χ0n) is 10.3. The summed E-state index contributed by atoms with van der Waals surface area (Å²) in [4.78, 5) is 0. The Balaban J connectivity index is 3.14. The van der Waals surface area contributed by atoms with Gasteiger partial charge in [-0.05, 0) is 31.7 Å². The predicted molar refractivity (Wildman–Crippen MR) is 63.5 cm³/mol. The minimum Gasteiger partial charge on any atom is -0.493 e. The van der Waals surface area contributed by atoms with E-state index in [1.165, 1.54) is 0 Å². The van der Waals surface area contributed by atoms with Crippen molar-refractivity contribution >= 4 is 0 Å². The maximum absolute atomic E-state index is 5.51. The molecule has 1 N–H and O–H groups in total. The molecule has 0 saturated carbocycles. The average molecular weight is 225 g/mol. The lowest BCUT2D eigenvalue weighted by molar-refractivity contribution is 0.288. The Morgan fingerprint density at radius 1 is 1.12 bits per heavy atom. The number of benzene rings is 1. The third-order valence-corrected chi connectivity index (χ3v) is 2.19. The van der Waals surface area contributed by atoms with Crippen LogP contribution >= 0.6 is 0 Å². The Bertz CT molecular complexity index is 314. The standard InChI is InChI=1S/C12H19NO3/c1-5-16-12-10(14-3)6-9(8-13-2)7-11(12)15-4/h6-7,13H,5,8H2,1-4H3. The molecule has 0 heterocycles. The molecule has 1 aromatic carbocycles. The molecule has 0 radical (unpaired) electrons. The van der Waals surface area contributed by atoms with Crippen LogP contribution < -0.4 is 19.5 Å². The molecular weight excluding hydrogens is 206 g/mol. The van der Waals surface area contributed by atoms with Crippen LogP contribution in [-0.4, -0.2) is 27.9 Å². The van der Waals surface area contributed by atoms with E-state index in [2.05, 4.69) is 5.32 Å². The van der Waals surface area contributed by atoms with Crippen molar-refractivity contribution in [2.75, 3.05) is 27.9 Å². The topological polar surface area (TPSA) is 39.7 Å². The van der Waals surface area contributed by atoms with Crippen molar-refractivity contribution in [2.24, 2.45) is 0 Å². The Labute approximate surface area is 96.5 Å². The van der Waals surface area contributed by atoms with Crippen molar-refractivity contribution < 1.29 is 14.2 Å². The van der Waals surface area contributed by atoms with Gasteiger partial charge in [-0.3, -0.25) is 0 Å². The highest BCUT2D eigenvalue weighted by Gasteiger charge is 2.13. The lowest BCUT2D eigenvalue weighted by Gasteiger charge is -2.15. The number of ether oxygens (including phenoxy) is 3. The van der Waals surface area contributed by atoms with E-state index in [0.29, 0.717) is 23.9 Å². The van der Waals surface area contributed by atoms with Crippen molar-refractivity contribution in [1.29, 1.82) is 0 Å². The highest BCUT2D eigenvalue weighted by Crippen LogP contribution is 2.38. The van der Waals surface area contributed by atoms with Crippen LogP contribution in [0.3, 0.4) is 0 Å². The maximum Gasteiger partial charge on any atom is 0.203 e. The Morgan fingerprint density at radius 3 is 2.06 bits per heavy atom. The minimum absolute atomic E-state index is 0.581. The Kier molecular flexibility index (Phi) is 4.92. The van der Waals surface area contributed by atoms with Gasteiger partial charge in [0, 0.05) is 6.54 Å². The van der Waals surface area contributed by atoms with Gasteiger partial charge in [0.25, 0.3) is 0 Å². The van der Waals surface area contributed by atoms with Crippen molar-refractivity contribution in [3.63, 3.8) is 0 Å². The van der Waals surface area contributed by atoms with Gasteiger partial charge in [-0.25, -0.2) is 0 Å². The molecule has 4 heteroatoms. The van der Waals surface area contributed by atoms with E-state index in [1.54, 1.807) is 14.2 Å². The highest BCUT2D eigenvalue weighted by atomic mass is 16.5. The van der Waals surface area contributed by atoms with Gasteiger partial charge < -0.3 is 19.5 Å². The van der Waals surface area contributed by atoms with Gasteiger partial charge in [0.2, 0.25) is 5.75 Å². The first-order valence-corrected chi connectivity index (χ1v) is 5.29. The van der Waals surface area contributed by atoms with Crippen LogP contribution in [0.25, 0.3) is 0 Å². The smallest absolute Gasteiger partial charge is 0.203 e. The lowest BCUT2D eigenvalue weighted by atomic mass is 10.2. The van der Waals surface area contributed by atoms with Gasteiger partial charge in [0.15, 0.2) is 11.5 Å². The van der Waals surface area contributed by atoms with E-state index in [-0.39, 0.29) is 0 Å². The fourth-order valence-corrected chi connectivity index (χ4v) is 1.53. The third kappa shape index (κ3) is 2.79. The van der Waals surface area contributed by atoms with Crippen molar-refractivity contribution in [2.45, 2.75) is 13.5 Å². The molecule has 4 nitrogen and oxygen atoms in total. The summed E-state index contributed by atoms with van der Waals surface area (Å²) >= 11 is 0. The van der Waals surface area contributed by atoms with Crippen molar-refractivity contribution in [1.82, 2.24) is 5.32 Å². The summed E-state index contributed by atoms with van der Waals surface area (Å²) in [6.45, 7) is 3.28. The second kappa shape index (κ2) is 6.23. The number of rotatable bonds is 6. The van der Waals surface area contributed by atoms with E-state index in [9.17, 15) is 0 Å². The molecule has 0 aromatic heterocycles. The van der Waals surface area contributed by atoms with Crippen molar-refractivity contribution in [3.05, 3.63) is 17.7 Å². The van der Waals surface area contributed by atoms with Crippen LogP contribution in [0.2, 0.25) is 0 Å². The predicted octanol–water partition coefficient (Wildman–Crippen LogP) is 1.82. The Hall–Kier alpha value is -1.42. The molecule has 0 saturated heterocycles. The second-order valence-corrected chi connectivity index (χ2v) is 3.29. The third-order valence-electron chi connectivity index (χ3n) is 2.19. The fourth-order valence-electron chi connectivity index (χ4n) is 1.53. The zero-order chi connectivity index (χ0) is 12.0. The first kappa shape index (κ1) is 12.6. The summed E-state index contributed by atoms with van der Waals surface area (Å²) in [5.41, 5.74) is 1.10. The van der Waals surface area contributed by atoms with Gasteiger partial charge in [-0.2, -0.15) is 0 Å². The van der Waals surface area contributed by atoms with Gasteiger partial charge in [0.1, 0.15) is 0 Å². The number of hydrogen-bond donors (Lipinski definition) is 1. The molecule has 0 bridgehead atoms. The summed E-state index contributed by atoms with van der Waals surface area (Å²) in [7, 11) is 5.15. The molecule has 0 unspecified atom stereocenters. The van der Waals surface area contributed by atoms with E-state index in [0.717, 1.165) is 12.1 Å². The molecule has 1 aromatic rings. The largest absolute Gasteiger partial charge is 0.493 e. The summed E-state index contributed by atoms with van der Waals surface area (Å²) in [5.74, 6) is 2.06. The fraction of sp³-hybridized carbons (Fsp3) is 0.500. The minimum atomic E-state index is 0.581. The molecule has 0 fully saturated rings. The molecular formula is C12H19NO3. The molecule has 0 aliphatic carbocycles. The van der Waals surface area contributed by atoms with E-state index in [1.807, 2.05) is 26.1 Å². The van der Waals surface area contributed by atoms with Crippen molar-refractivity contribution in [3.8, 4) is 17.2 Å². The van der Waals surface area contributed by atoms with Crippen LogP contribution in [0.4, 0.5) is 0 Å². The first-order valence-electron chi connectivity index (χ1n) is 5.29. The molecule has 0 atom stereocenters. The maximum atomic E-state index is 5.51. The molecule has 0 aliphatic rings. The molecule has 0 amide bonds. The number of nitrogens with one attached hydrogen (secondary N) is 1. The van der Waals surface area contributed by atoms with Crippen LogP contribution in [0, 0.1) is 0 Å². The normalized spacial score (nSPS) is 10.0. The SMILES string of the molecule is CCOc1c(OC)cc(CNC)cc1OC. The summed E-state index contributed by atoms with van der Waals surface area (Å²) in [6, 6.07) is 3.90. The number of hydrogen-bond acceptors (Lipinski definition) is 4. The Morgan fingerprint density at radius 2 is 1.69 bits per heavy atom. The summed E-state index contributed by atoms with van der Waals surface area (Å²) in [6.07, 6.45) is 0. The zero-order valence-corrected chi connectivity index (χ0v) is 10.3.